The van der Waals surface area contributed by atoms with Crippen LogP contribution in [0.15, 0.2) is 47.2 Å². The second kappa shape index (κ2) is 7.22. The van der Waals surface area contributed by atoms with Crippen molar-refractivity contribution >= 4 is 27.5 Å². The topological polar surface area (TPSA) is 54.0 Å². The average molecular weight is 348 g/mol. The number of amides is 1. The molecule has 0 aliphatic carbocycles. The maximum atomic E-state index is 12.4. The Bertz CT molecular complexity index is 630. The minimum absolute atomic E-state index is 0.0790. The van der Waals surface area contributed by atoms with Crippen LogP contribution in [0.1, 0.15) is 35.8 Å². The lowest BCUT2D eigenvalue weighted by Crippen LogP contribution is -2.27. The highest BCUT2D eigenvalue weighted by Crippen LogP contribution is 2.19. The van der Waals surface area contributed by atoms with Crippen LogP contribution in [0.3, 0.4) is 0 Å². The predicted molar refractivity (Wildman–Crippen MR) is 88.4 cm³/mol. The van der Waals surface area contributed by atoms with E-state index in [0.29, 0.717) is 5.56 Å². The Morgan fingerprint density at radius 1 is 1.38 bits per heavy atom. The Balaban J connectivity index is 2.14. The fraction of sp³-hybridized carbons (Fsp3) is 0.250. The lowest BCUT2D eigenvalue weighted by atomic mass is 10.1. The number of nitrogens with zero attached hydrogens (tertiary/aromatic N) is 1. The van der Waals surface area contributed by atoms with Gasteiger partial charge in [0.1, 0.15) is 0 Å². The van der Waals surface area contributed by atoms with E-state index in [1.165, 1.54) is 0 Å². The Morgan fingerprint density at radius 2 is 2.19 bits per heavy atom. The van der Waals surface area contributed by atoms with E-state index in [2.05, 4.69) is 31.5 Å². The quantitative estimate of drug-likeness (QED) is 0.865. The zero-order valence-electron chi connectivity index (χ0n) is 12.1. The van der Waals surface area contributed by atoms with Crippen LogP contribution in [0.4, 0.5) is 5.69 Å². The van der Waals surface area contributed by atoms with Gasteiger partial charge >= 0.3 is 0 Å². The molecule has 0 saturated heterocycles. The number of halogens is 1. The largest absolute Gasteiger partial charge is 0.385 e. The highest BCUT2D eigenvalue weighted by Gasteiger charge is 2.15. The van der Waals surface area contributed by atoms with Crippen molar-refractivity contribution < 1.29 is 4.79 Å². The van der Waals surface area contributed by atoms with Crippen molar-refractivity contribution in [3.05, 3.63) is 58.3 Å². The normalized spacial score (nSPS) is 11.8. The average Bonchev–Trinajstić information content (AvgIpc) is 2.48. The molecular weight excluding hydrogens is 330 g/mol. The summed E-state index contributed by atoms with van der Waals surface area (Å²) in [5.41, 5.74) is 2.40. The summed E-state index contributed by atoms with van der Waals surface area (Å²) in [5, 5.41) is 6.17. The number of hydrogen-bond donors (Lipinski definition) is 2. The second-order valence-electron chi connectivity index (χ2n) is 4.70. The van der Waals surface area contributed by atoms with Crippen molar-refractivity contribution in [1.82, 2.24) is 10.3 Å². The molecule has 4 nitrogen and oxygen atoms in total. The van der Waals surface area contributed by atoms with Crippen molar-refractivity contribution in [3.8, 4) is 0 Å². The van der Waals surface area contributed by atoms with Gasteiger partial charge in [-0.2, -0.15) is 0 Å². The van der Waals surface area contributed by atoms with Crippen molar-refractivity contribution in [2.45, 2.75) is 19.9 Å². The molecule has 2 N–H and O–H groups in total. The van der Waals surface area contributed by atoms with E-state index >= 15 is 0 Å². The molecule has 1 amide bonds. The molecule has 2 aromatic rings. The number of aromatic nitrogens is 1. The van der Waals surface area contributed by atoms with Gasteiger partial charge in [0.15, 0.2) is 0 Å². The number of pyridine rings is 1. The van der Waals surface area contributed by atoms with Gasteiger partial charge in [0.2, 0.25) is 0 Å². The fourth-order valence-corrected chi connectivity index (χ4v) is 2.47. The number of hydrogen-bond acceptors (Lipinski definition) is 3. The van der Waals surface area contributed by atoms with E-state index < -0.39 is 0 Å². The second-order valence-corrected chi connectivity index (χ2v) is 5.62. The van der Waals surface area contributed by atoms with Gasteiger partial charge in [0.05, 0.1) is 17.3 Å². The summed E-state index contributed by atoms with van der Waals surface area (Å²) in [6.07, 6.45) is 3.26. The lowest BCUT2D eigenvalue weighted by molar-refractivity contribution is 0.0940. The van der Waals surface area contributed by atoms with Crippen molar-refractivity contribution in [2.75, 3.05) is 11.9 Å². The van der Waals surface area contributed by atoms with Crippen LogP contribution in [0, 0.1) is 0 Å². The minimum atomic E-state index is -0.133. The first kappa shape index (κ1) is 15.5. The summed E-state index contributed by atoms with van der Waals surface area (Å²) in [6.45, 7) is 4.71. The van der Waals surface area contributed by atoms with Gasteiger partial charge in [0, 0.05) is 23.4 Å². The molecule has 0 aliphatic heterocycles. The molecule has 21 heavy (non-hydrogen) atoms. The van der Waals surface area contributed by atoms with Crippen LogP contribution in [0.5, 0.6) is 0 Å². The maximum absolute atomic E-state index is 12.4. The van der Waals surface area contributed by atoms with Gasteiger partial charge in [-0.05, 0) is 37.6 Å². The molecule has 0 saturated carbocycles. The van der Waals surface area contributed by atoms with Crippen LogP contribution in [0.25, 0.3) is 0 Å². The third-order valence-corrected chi connectivity index (χ3v) is 3.62. The summed E-state index contributed by atoms with van der Waals surface area (Å²) in [5.74, 6) is -0.133. The summed E-state index contributed by atoms with van der Waals surface area (Å²) in [4.78, 5) is 16.4. The lowest BCUT2D eigenvalue weighted by Gasteiger charge is -2.16. The SMILES string of the molecule is CCNc1ccncc1C(=O)NC(C)c1cccc(Br)c1. The van der Waals surface area contributed by atoms with Gasteiger partial charge < -0.3 is 10.6 Å². The smallest absolute Gasteiger partial charge is 0.255 e. The molecule has 2 rings (SSSR count). The van der Waals surface area contributed by atoms with E-state index in [9.17, 15) is 4.79 Å². The molecule has 0 bridgehead atoms. The summed E-state index contributed by atoms with van der Waals surface area (Å²) in [7, 11) is 0. The molecular formula is C16H18BrN3O. The summed E-state index contributed by atoms with van der Waals surface area (Å²) < 4.78 is 0.996. The van der Waals surface area contributed by atoms with Crippen LogP contribution in [-0.2, 0) is 0 Å². The van der Waals surface area contributed by atoms with E-state index in [-0.39, 0.29) is 11.9 Å². The molecule has 0 fully saturated rings. The van der Waals surface area contributed by atoms with Crippen LogP contribution in [0.2, 0.25) is 0 Å². The standard InChI is InChI=1S/C16H18BrN3O/c1-3-19-15-7-8-18-10-14(15)16(21)20-11(2)12-5-4-6-13(17)9-12/h4-11H,3H2,1-2H3,(H,18,19)(H,20,21). The van der Waals surface area contributed by atoms with Crippen LogP contribution < -0.4 is 10.6 Å². The zero-order chi connectivity index (χ0) is 15.2. The fourth-order valence-electron chi connectivity index (χ4n) is 2.05. The van der Waals surface area contributed by atoms with Gasteiger partial charge in [0.25, 0.3) is 5.91 Å². The Morgan fingerprint density at radius 3 is 2.90 bits per heavy atom. The van der Waals surface area contributed by atoms with E-state index in [0.717, 1.165) is 22.3 Å². The molecule has 0 spiro atoms. The van der Waals surface area contributed by atoms with E-state index in [4.69, 9.17) is 0 Å². The van der Waals surface area contributed by atoms with Gasteiger partial charge in [-0.15, -0.1) is 0 Å². The molecule has 1 aromatic carbocycles. The highest BCUT2D eigenvalue weighted by molar-refractivity contribution is 9.10. The van der Waals surface area contributed by atoms with Gasteiger partial charge in [-0.25, -0.2) is 0 Å². The molecule has 5 heteroatoms. The van der Waals surface area contributed by atoms with E-state index in [1.807, 2.05) is 44.2 Å². The number of benzene rings is 1. The predicted octanol–water partition coefficient (Wildman–Crippen LogP) is 3.77. The molecule has 1 heterocycles. The Kier molecular flexibility index (Phi) is 5.33. The molecule has 110 valence electrons. The highest BCUT2D eigenvalue weighted by atomic mass is 79.9. The first-order valence-corrected chi connectivity index (χ1v) is 7.65. The number of nitrogens with one attached hydrogen (secondary N) is 2. The van der Waals surface area contributed by atoms with Crippen molar-refractivity contribution in [3.63, 3.8) is 0 Å². The number of rotatable bonds is 5. The first-order valence-electron chi connectivity index (χ1n) is 6.86. The molecule has 1 atom stereocenters. The van der Waals surface area contributed by atoms with Gasteiger partial charge in [-0.1, -0.05) is 28.1 Å². The minimum Gasteiger partial charge on any atom is -0.385 e. The van der Waals surface area contributed by atoms with Crippen molar-refractivity contribution in [1.29, 1.82) is 0 Å². The first-order chi connectivity index (χ1) is 10.1. The summed E-state index contributed by atoms with van der Waals surface area (Å²) >= 11 is 3.44. The maximum Gasteiger partial charge on any atom is 0.255 e. The van der Waals surface area contributed by atoms with Crippen LogP contribution in [-0.4, -0.2) is 17.4 Å². The number of carbonyl (C=O) groups is 1. The molecule has 0 radical (unpaired) electrons. The van der Waals surface area contributed by atoms with E-state index in [1.54, 1.807) is 12.4 Å². The summed E-state index contributed by atoms with van der Waals surface area (Å²) in [6, 6.07) is 9.63. The third-order valence-electron chi connectivity index (χ3n) is 3.13. The molecule has 1 unspecified atom stereocenters. The molecule has 1 aromatic heterocycles. The zero-order valence-corrected chi connectivity index (χ0v) is 13.6. The Labute approximate surface area is 133 Å². The number of carbonyl (C=O) groups excluding carboxylic acids is 1. The third kappa shape index (κ3) is 4.04. The van der Waals surface area contributed by atoms with Gasteiger partial charge in [-0.3, -0.25) is 9.78 Å². The molecule has 0 aliphatic rings. The Hall–Kier alpha value is -1.88. The van der Waals surface area contributed by atoms with Crippen LogP contribution >= 0.6 is 15.9 Å². The monoisotopic (exact) mass is 347 g/mol. The number of anilines is 1. The van der Waals surface area contributed by atoms with Crippen molar-refractivity contribution in [2.24, 2.45) is 0 Å².